The van der Waals surface area contributed by atoms with Crippen molar-refractivity contribution in [3.05, 3.63) is 11.3 Å². The Morgan fingerprint density at radius 3 is 2.27 bits per heavy atom. The first-order valence-corrected chi connectivity index (χ1v) is 9.50. The van der Waals surface area contributed by atoms with E-state index >= 15 is 0 Å². The first-order chi connectivity index (χ1) is 14.2. The first kappa shape index (κ1) is 23.1. The van der Waals surface area contributed by atoms with Gasteiger partial charge in [-0.25, -0.2) is 4.79 Å². The molecule has 0 bridgehead atoms. The van der Waals surface area contributed by atoms with E-state index in [0.29, 0.717) is 12.8 Å². The number of hydrogen-bond donors (Lipinski definition) is 1. The quantitative estimate of drug-likeness (QED) is 0.492. The van der Waals surface area contributed by atoms with Gasteiger partial charge < -0.3 is 19.5 Å². The van der Waals surface area contributed by atoms with Crippen LogP contribution < -0.4 is 5.32 Å². The molecule has 10 nitrogen and oxygen atoms in total. The highest BCUT2D eigenvalue weighted by Gasteiger charge is 2.46. The minimum absolute atomic E-state index is 0.131. The monoisotopic (exact) mass is 419 g/mol. The van der Waals surface area contributed by atoms with Crippen LogP contribution in [0.15, 0.2) is 16.3 Å². The van der Waals surface area contributed by atoms with Gasteiger partial charge in [-0.15, -0.1) is 0 Å². The third-order valence-electron chi connectivity index (χ3n) is 5.34. The molecule has 1 unspecified atom stereocenters. The van der Waals surface area contributed by atoms with Crippen molar-refractivity contribution >= 4 is 29.5 Å². The van der Waals surface area contributed by atoms with E-state index in [0.717, 1.165) is 27.1 Å². The highest BCUT2D eigenvalue weighted by atomic mass is 16.5. The Morgan fingerprint density at radius 1 is 1.10 bits per heavy atom. The van der Waals surface area contributed by atoms with Gasteiger partial charge in [0.1, 0.15) is 17.4 Å². The third kappa shape index (κ3) is 4.67. The molecule has 30 heavy (non-hydrogen) atoms. The van der Waals surface area contributed by atoms with Crippen LogP contribution in [0.1, 0.15) is 39.5 Å². The van der Waals surface area contributed by atoms with Crippen molar-refractivity contribution in [3.8, 4) is 6.07 Å². The number of rotatable bonds is 6. The Balaban J connectivity index is 2.21. The van der Waals surface area contributed by atoms with Gasteiger partial charge in [0.05, 0.1) is 25.9 Å². The van der Waals surface area contributed by atoms with Crippen LogP contribution in [0.3, 0.4) is 0 Å². The zero-order chi connectivity index (χ0) is 22.5. The minimum Gasteiger partial charge on any atom is -0.468 e. The lowest BCUT2D eigenvalue weighted by Crippen LogP contribution is -2.47. The van der Waals surface area contributed by atoms with E-state index in [1.54, 1.807) is 0 Å². The summed E-state index contributed by atoms with van der Waals surface area (Å²) in [4.78, 5) is 53.9. The molecule has 1 aliphatic carbocycles. The van der Waals surface area contributed by atoms with E-state index in [9.17, 15) is 24.4 Å². The molecule has 0 saturated heterocycles. The maximum absolute atomic E-state index is 12.9. The van der Waals surface area contributed by atoms with Crippen LogP contribution in [-0.4, -0.2) is 55.9 Å². The average Bonchev–Trinajstić information content (AvgIpc) is 3.19. The average molecular weight is 419 g/mol. The topological polar surface area (TPSA) is 144 Å². The molecule has 1 aliphatic heterocycles. The number of carbonyl (C=O) groups excluding carboxylic acids is 4. The predicted molar refractivity (Wildman–Crippen MR) is 103 cm³/mol. The molecule has 10 heteroatoms. The number of hydrogen-bond acceptors (Lipinski definition) is 9. The van der Waals surface area contributed by atoms with Gasteiger partial charge in [0.15, 0.2) is 6.61 Å². The van der Waals surface area contributed by atoms with Crippen molar-refractivity contribution in [3.63, 3.8) is 0 Å². The predicted octanol–water partition coefficient (Wildman–Crippen LogP) is 0.809. The summed E-state index contributed by atoms with van der Waals surface area (Å²) in [5.41, 5.74) is -0.610. The number of allylic oxidation sites excluding steroid dienone is 1. The Labute approximate surface area is 174 Å². The van der Waals surface area contributed by atoms with Gasteiger partial charge in [0, 0.05) is 11.4 Å². The molecular weight excluding hydrogens is 394 g/mol. The third-order valence-corrected chi connectivity index (χ3v) is 5.34. The number of nitriles is 1. The van der Waals surface area contributed by atoms with E-state index in [2.05, 4.69) is 16.4 Å². The van der Waals surface area contributed by atoms with Crippen molar-refractivity contribution in [2.24, 2.45) is 16.8 Å². The van der Waals surface area contributed by atoms with E-state index in [1.165, 1.54) is 13.8 Å². The fourth-order valence-electron chi connectivity index (χ4n) is 3.87. The molecule has 0 radical (unpaired) electrons. The Morgan fingerprint density at radius 2 is 1.73 bits per heavy atom. The van der Waals surface area contributed by atoms with Crippen LogP contribution in [-0.2, 0) is 33.4 Å². The van der Waals surface area contributed by atoms with E-state index < -0.39 is 47.8 Å². The standard InChI is InChI=1S/C20H25N3O7/c1-11-14(17(25)28-3)16(15(12(2)22-11)18(26)29-4)19(27)30-9-13(24)23-20(10-21)7-5-6-8-20/h14,16H,5-9H2,1-4H3,(H,23,24)/t14?,16-/m0/s1. The molecule has 162 valence electrons. The Kier molecular flexibility index (Phi) is 7.32. The molecule has 1 N–H and O–H groups in total. The van der Waals surface area contributed by atoms with Crippen molar-refractivity contribution in [1.82, 2.24) is 5.32 Å². The second-order valence-electron chi connectivity index (χ2n) is 7.28. The molecule has 1 amide bonds. The second-order valence-corrected chi connectivity index (χ2v) is 7.28. The number of methoxy groups -OCH3 is 2. The van der Waals surface area contributed by atoms with Gasteiger partial charge in [0.2, 0.25) is 0 Å². The summed E-state index contributed by atoms with van der Waals surface area (Å²) in [7, 11) is 2.29. The summed E-state index contributed by atoms with van der Waals surface area (Å²) in [6.45, 7) is 2.38. The number of esters is 3. The summed E-state index contributed by atoms with van der Waals surface area (Å²) < 4.78 is 14.6. The summed E-state index contributed by atoms with van der Waals surface area (Å²) in [5, 5.41) is 12.0. The summed E-state index contributed by atoms with van der Waals surface area (Å²) in [5.74, 6) is -5.77. The number of amides is 1. The maximum atomic E-state index is 12.9. The molecule has 2 rings (SSSR count). The molecule has 1 fully saturated rings. The van der Waals surface area contributed by atoms with Crippen LogP contribution >= 0.6 is 0 Å². The lowest BCUT2D eigenvalue weighted by Gasteiger charge is -2.29. The molecule has 1 saturated carbocycles. The zero-order valence-corrected chi connectivity index (χ0v) is 17.4. The van der Waals surface area contributed by atoms with Crippen LogP contribution in [0, 0.1) is 23.2 Å². The largest absolute Gasteiger partial charge is 0.468 e. The summed E-state index contributed by atoms with van der Waals surface area (Å²) in [6, 6.07) is 2.11. The zero-order valence-electron chi connectivity index (χ0n) is 17.4. The fourth-order valence-corrected chi connectivity index (χ4v) is 3.87. The highest BCUT2D eigenvalue weighted by Crippen LogP contribution is 2.33. The second kappa shape index (κ2) is 9.52. The molecule has 2 aliphatic rings. The van der Waals surface area contributed by atoms with Gasteiger partial charge in [0.25, 0.3) is 5.91 Å². The number of ether oxygens (including phenoxy) is 3. The van der Waals surface area contributed by atoms with Crippen molar-refractivity contribution in [2.75, 3.05) is 20.8 Å². The molecule has 0 spiro atoms. The van der Waals surface area contributed by atoms with Crippen molar-refractivity contribution in [2.45, 2.75) is 45.1 Å². The molecule has 0 aromatic carbocycles. The van der Waals surface area contributed by atoms with Crippen LogP contribution in [0.4, 0.5) is 0 Å². The highest BCUT2D eigenvalue weighted by molar-refractivity contribution is 6.10. The molecular formula is C20H25N3O7. The van der Waals surface area contributed by atoms with Crippen LogP contribution in [0.5, 0.6) is 0 Å². The summed E-state index contributed by atoms with van der Waals surface area (Å²) in [6.07, 6.45) is 2.70. The number of carbonyl (C=O) groups is 4. The molecule has 2 atom stereocenters. The SMILES string of the molecule is COC(=O)C1=C(C)N=C(C)C(C(=O)OC)[C@@H]1C(=O)OCC(=O)NC1(C#N)CCCC1. The van der Waals surface area contributed by atoms with E-state index in [4.69, 9.17) is 14.2 Å². The van der Waals surface area contributed by atoms with Crippen molar-refractivity contribution < 1.29 is 33.4 Å². The van der Waals surface area contributed by atoms with Crippen LogP contribution in [0.25, 0.3) is 0 Å². The van der Waals surface area contributed by atoms with Crippen LogP contribution in [0.2, 0.25) is 0 Å². The smallest absolute Gasteiger partial charge is 0.336 e. The maximum Gasteiger partial charge on any atom is 0.336 e. The van der Waals surface area contributed by atoms with Gasteiger partial charge in [-0.05, 0) is 39.5 Å². The normalized spacial score (nSPS) is 22.4. The van der Waals surface area contributed by atoms with E-state index in [1.807, 2.05) is 0 Å². The van der Waals surface area contributed by atoms with E-state index in [-0.39, 0.29) is 17.0 Å². The Hall–Kier alpha value is -3.22. The van der Waals surface area contributed by atoms with Gasteiger partial charge in [-0.2, -0.15) is 5.26 Å². The molecule has 0 aromatic rings. The first-order valence-electron chi connectivity index (χ1n) is 9.50. The van der Waals surface area contributed by atoms with Gasteiger partial charge in [-0.3, -0.25) is 19.4 Å². The molecule has 0 aromatic heterocycles. The number of nitrogens with zero attached hydrogens (tertiary/aromatic N) is 2. The fraction of sp³-hybridized carbons (Fsp3) is 0.600. The van der Waals surface area contributed by atoms with Gasteiger partial charge >= 0.3 is 17.9 Å². The lowest BCUT2D eigenvalue weighted by molar-refractivity contribution is -0.158. The lowest BCUT2D eigenvalue weighted by atomic mass is 9.80. The number of aliphatic imine (C=N–C) groups is 1. The minimum atomic E-state index is -1.37. The molecule has 1 heterocycles. The summed E-state index contributed by atoms with van der Waals surface area (Å²) >= 11 is 0. The van der Waals surface area contributed by atoms with Crippen molar-refractivity contribution in [1.29, 1.82) is 5.26 Å². The Bertz CT molecular complexity index is 847. The van der Waals surface area contributed by atoms with Gasteiger partial charge in [-0.1, -0.05) is 0 Å². The number of nitrogens with one attached hydrogen (secondary N) is 1.